The molecule has 0 spiro atoms. The lowest BCUT2D eigenvalue weighted by Gasteiger charge is -2.14. The van der Waals surface area contributed by atoms with Gasteiger partial charge in [0, 0.05) is 5.56 Å². The first-order valence-electron chi connectivity index (χ1n) is 4.89. The highest BCUT2D eigenvalue weighted by Gasteiger charge is 2.16. The molecule has 3 nitrogen and oxygen atoms in total. The highest BCUT2D eigenvalue weighted by atomic mass is 16.5. The Morgan fingerprint density at radius 2 is 2.07 bits per heavy atom. The maximum atomic E-state index is 9.02. The minimum Gasteiger partial charge on any atom is -0.493 e. The van der Waals surface area contributed by atoms with E-state index in [-0.39, 0.29) is 5.92 Å². The summed E-state index contributed by atoms with van der Waals surface area (Å²) in [4.78, 5) is 0. The lowest BCUT2D eigenvalue weighted by molar-refractivity contribution is 0.350. The fraction of sp³-hybridized carbons (Fsp3) is 0.417. The zero-order valence-corrected chi connectivity index (χ0v) is 9.28. The first-order valence-corrected chi connectivity index (χ1v) is 4.89. The number of benzene rings is 1. The molecule has 0 aromatic heterocycles. The number of nitriles is 1. The molecule has 3 heteroatoms. The molecule has 1 rings (SSSR count). The Hall–Kier alpha value is -1.69. The average molecular weight is 205 g/mol. The predicted octanol–water partition coefficient (Wildman–Crippen LogP) is 2.72. The summed E-state index contributed by atoms with van der Waals surface area (Å²) in [6.45, 7) is 1.98. The molecule has 0 radical (unpaired) electrons. The molecule has 15 heavy (non-hydrogen) atoms. The molecule has 0 aliphatic rings. The maximum Gasteiger partial charge on any atom is 0.165 e. The Balaban J connectivity index is 3.23. The van der Waals surface area contributed by atoms with Gasteiger partial charge in [-0.1, -0.05) is 19.1 Å². The third-order valence-electron chi connectivity index (χ3n) is 2.37. The molecule has 1 aromatic rings. The van der Waals surface area contributed by atoms with Crippen molar-refractivity contribution in [2.75, 3.05) is 14.2 Å². The van der Waals surface area contributed by atoms with Crippen LogP contribution >= 0.6 is 0 Å². The Morgan fingerprint density at radius 3 is 2.53 bits per heavy atom. The third-order valence-corrected chi connectivity index (χ3v) is 2.37. The van der Waals surface area contributed by atoms with Crippen LogP contribution in [0.15, 0.2) is 18.2 Å². The van der Waals surface area contributed by atoms with E-state index in [1.165, 1.54) is 0 Å². The second-order valence-electron chi connectivity index (χ2n) is 3.17. The van der Waals surface area contributed by atoms with Crippen molar-refractivity contribution in [3.8, 4) is 17.6 Å². The van der Waals surface area contributed by atoms with Crippen LogP contribution < -0.4 is 9.47 Å². The smallest absolute Gasteiger partial charge is 0.165 e. The SMILES string of the molecule is CCC(C#N)c1cccc(OC)c1OC. The Kier molecular flexibility index (Phi) is 3.99. The summed E-state index contributed by atoms with van der Waals surface area (Å²) >= 11 is 0. The topological polar surface area (TPSA) is 42.2 Å². The Morgan fingerprint density at radius 1 is 1.33 bits per heavy atom. The van der Waals surface area contributed by atoms with Crippen LogP contribution in [0, 0.1) is 11.3 Å². The summed E-state index contributed by atoms with van der Waals surface area (Å²) in [6.07, 6.45) is 0.764. The summed E-state index contributed by atoms with van der Waals surface area (Å²) in [6, 6.07) is 7.86. The molecule has 0 N–H and O–H groups in total. The minimum absolute atomic E-state index is 0.143. The van der Waals surface area contributed by atoms with Crippen LogP contribution in [-0.4, -0.2) is 14.2 Å². The number of hydrogen-bond acceptors (Lipinski definition) is 3. The van der Waals surface area contributed by atoms with E-state index >= 15 is 0 Å². The highest BCUT2D eigenvalue weighted by Crippen LogP contribution is 2.36. The molecule has 0 bridgehead atoms. The largest absolute Gasteiger partial charge is 0.493 e. The molecular weight excluding hydrogens is 190 g/mol. The van der Waals surface area contributed by atoms with E-state index in [0.717, 1.165) is 12.0 Å². The fourth-order valence-electron chi connectivity index (χ4n) is 1.57. The normalized spacial score (nSPS) is 11.6. The highest BCUT2D eigenvalue weighted by molar-refractivity contribution is 5.49. The van der Waals surface area contributed by atoms with Gasteiger partial charge in [-0.15, -0.1) is 0 Å². The fourth-order valence-corrected chi connectivity index (χ4v) is 1.57. The van der Waals surface area contributed by atoms with Crippen LogP contribution in [0.1, 0.15) is 24.8 Å². The van der Waals surface area contributed by atoms with Crippen LogP contribution in [-0.2, 0) is 0 Å². The zero-order chi connectivity index (χ0) is 11.3. The first-order chi connectivity index (χ1) is 7.28. The van der Waals surface area contributed by atoms with Gasteiger partial charge in [-0.25, -0.2) is 0 Å². The standard InChI is InChI=1S/C12H15NO2/c1-4-9(8-13)10-6-5-7-11(14-2)12(10)15-3/h5-7,9H,4H2,1-3H3. The molecule has 0 fully saturated rings. The quantitative estimate of drug-likeness (QED) is 0.759. The number of ether oxygens (including phenoxy) is 2. The average Bonchev–Trinajstić information content (AvgIpc) is 2.30. The van der Waals surface area contributed by atoms with E-state index in [2.05, 4.69) is 6.07 Å². The van der Waals surface area contributed by atoms with Crippen molar-refractivity contribution < 1.29 is 9.47 Å². The van der Waals surface area contributed by atoms with Crippen molar-refractivity contribution in [3.63, 3.8) is 0 Å². The summed E-state index contributed by atoms with van der Waals surface area (Å²) in [5.74, 6) is 1.19. The number of nitrogens with zero attached hydrogens (tertiary/aromatic N) is 1. The molecule has 1 unspecified atom stereocenters. The van der Waals surface area contributed by atoms with Crippen LogP contribution in [0.5, 0.6) is 11.5 Å². The molecule has 0 aliphatic heterocycles. The van der Waals surface area contributed by atoms with Crippen molar-refractivity contribution in [2.24, 2.45) is 0 Å². The van der Waals surface area contributed by atoms with E-state index < -0.39 is 0 Å². The van der Waals surface area contributed by atoms with Crippen molar-refractivity contribution >= 4 is 0 Å². The number of rotatable bonds is 4. The van der Waals surface area contributed by atoms with Gasteiger partial charge in [0.15, 0.2) is 11.5 Å². The Labute approximate surface area is 90.2 Å². The lowest BCUT2D eigenvalue weighted by atomic mass is 9.97. The lowest BCUT2D eigenvalue weighted by Crippen LogP contribution is -2.00. The van der Waals surface area contributed by atoms with Gasteiger partial charge in [0.05, 0.1) is 26.2 Å². The molecule has 0 amide bonds. The van der Waals surface area contributed by atoms with Gasteiger partial charge in [0.25, 0.3) is 0 Å². The Bertz CT molecular complexity index is 368. The summed E-state index contributed by atoms with van der Waals surface area (Å²) in [5.41, 5.74) is 0.891. The summed E-state index contributed by atoms with van der Waals surface area (Å²) in [5, 5.41) is 9.02. The van der Waals surface area contributed by atoms with Crippen molar-refractivity contribution in [1.82, 2.24) is 0 Å². The van der Waals surface area contributed by atoms with E-state index in [9.17, 15) is 0 Å². The zero-order valence-electron chi connectivity index (χ0n) is 9.28. The van der Waals surface area contributed by atoms with Gasteiger partial charge in [0.1, 0.15) is 0 Å². The predicted molar refractivity (Wildman–Crippen MR) is 58.2 cm³/mol. The van der Waals surface area contributed by atoms with Gasteiger partial charge in [-0.3, -0.25) is 0 Å². The van der Waals surface area contributed by atoms with Gasteiger partial charge in [0.2, 0.25) is 0 Å². The van der Waals surface area contributed by atoms with Crippen LogP contribution in [0.4, 0.5) is 0 Å². The molecular formula is C12H15NO2. The van der Waals surface area contributed by atoms with Crippen LogP contribution in [0.2, 0.25) is 0 Å². The van der Waals surface area contributed by atoms with Crippen molar-refractivity contribution in [2.45, 2.75) is 19.3 Å². The molecule has 0 saturated carbocycles. The van der Waals surface area contributed by atoms with E-state index in [0.29, 0.717) is 11.5 Å². The first kappa shape index (κ1) is 11.4. The van der Waals surface area contributed by atoms with E-state index in [1.807, 2.05) is 25.1 Å². The number of hydrogen-bond donors (Lipinski definition) is 0. The molecule has 1 atom stereocenters. The van der Waals surface area contributed by atoms with Gasteiger partial charge in [-0.05, 0) is 12.5 Å². The minimum atomic E-state index is -0.143. The van der Waals surface area contributed by atoms with Gasteiger partial charge in [-0.2, -0.15) is 5.26 Å². The maximum absolute atomic E-state index is 9.02. The third kappa shape index (κ3) is 2.21. The molecule has 80 valence electrons. The molecule has 0 saturated heterocycles. The van der Waals surface area contributed by atoms with Gasteiger partial charge >= 0.3 is 0 Å². The van der Waals surface area contributed by atoms with Gasteiger partial charge < -0.3 is 9.47 Å². The monoisotopic (exact) mass is 205 g/mol. The number of para-hydroxylation sites is 1. The van der Waals surface area contributed by atoms with Crippen LogP contribution in [0.25, 0.3) is 0 Å². The van der Waals surface area contributed by atoms with E-state index in [4.69, 9.17) is 14.7 Å². The number of methoxy groups -OCH3 is 2. The molecule has 0 aliphatic carbocycles. The summed E-state index contributed by atoms with van der Waals surface area (Å²) in [7, 11) is 3.18. The van der Waals surface area contributed by atoms with Crippen LogP contribution in [0.3, 0.4) is 0 Å². The molecule has 1 aromatic carbocycles. The van der Waals surface area contributed by atoms with Crippen molar-refractivity contribution in [1.29, 1.82) is 5.26 Å². The van der Waals surface area contributed by atoms with E-state index in [1.54, 1.807) is 14.2 Å². The summed E-state index contributed by atoms with van der Waals surface area (Å²) < 4.78 is 10.5. The second-order valence-corrected chi connectivity index (χ2v) is 3.17. The van der Waals surface area contributed by atoms with Crippen molar-refractivity contribution in [3.05, 3.63) is 23.8 Å². The molecule has 0 heterocycles. The second kappa shape index (κ2) is 5.26.